The Kier molecular flexibility index (Phi) is 7.24. The van der Waals surface area contributed by atoms with Gasteiger partial charge in [-0.15, -0.1) is 0 Å². The number of benzene rings is 2. The van der Waals surface area contributed by atoms with Crippen molar-refractivity contribution in [2.45, 2.75) is 19.5 Å². The van der Waals surface area contributed by atoms with Crippen LogP contribution >= 0.6 is 23.2 Å². The molecular weight excluding hydrogens is 512 g/mol. The Labute approximate surface area is 223 Å². The minimum Gasteiger partial charge on any atom is -0.333 e. The Bertz CT molecular complexity index is 1570. The molecule has 3 heterocycles. The molecule has 6 nitrogen and oxygen atoms in total. The number of aromatic nitrogens is 2. The van der Waals surface area contributed by atoms with E-state index in [1.807, 2.05) is 24.3 Å². The third-order valence-electron chi connectivity index (χ3n) is 6.41. The van der Waals surface area contributed by atoms with E-state index in [0.717, 1.165) is 39.8 Å². The van der Waals surface area contributed by atoms with Gasteiger partial charge in [-0.2, -0.15) is 5.26 Å². The van der Waals surface area contributed by atoms with Crippen LogP contribution < -0.4 is 5.32 Å². The van der Waals surface area contributed by atoms with Gasteiger partial charge in [-0.1, -0.05) is 41.4 Å². The quantitative estimate of drug-likeness (QED) is 0.310. The molecular formula is C28H22Cl2FN5O. The van der Waals surface area contributed by atoms with Crippen LogP contribution in [0.25, 0.3) is 17.0 Å². The van der Waals surface area contributed by atoms with Crippen LogP contribution in [0.3, 0.4) is 0 Å². The second-order valence-corrected chi connectivity index (χ2v) is 9.61. The number of nitrogens with zero attached hydrogens (tertiary/aromatic N) is 4. The summed E-state index contributed by atoms with van der Waals surface area (Å²) < 4.78 is 15.5. The average Bonchev–Trinajstić information content (AvgIpc) is 3.22. The van der Waals surface area contributed by atoms with Gasteiger partial charge in [0.1, 0.15) is 11.0 Å². The molecule has 37 heavy (non-hydrogen) atoms. The van der Waals surface area contributed by atoms with Gasteiger partial charge in [0.2, 0.25) is 0 Å². The number of nitriles is 1. The van der Waals surface area contributed by atoms with E-state index in [9.17, 15) is 14.4 Å². The van der Waals surface area contributed by atoms with E-state index < -0.39 is 5.82 Å². The maximum Gasteiger partial charge on any atom is 0.326 e. The lowest BCUT2D eigenvalue weighted by Crippen LogP contribution is -2.34. The molecule has 0 atom stereocenters. The summed E-state index contributed by atoms with van der Waals surface area (Å²) in [5.74, 6) is -0.446. The maximum atomic E-state index is 13.7. The number of carbonyl (C=O) groups excluding carboxylic acids is 1. The van der Waals surface area contributed by atoms with Gasteiger partial charge in [-0.05, 0) is 59.2 Å². The van der Waals surface area contributed by atoms with Gasteiger partial charge in [0, 0.05) is 49.9 Å². The van der Waals surface area contributed by atoms with Crippen LogP contribution in [0, 0.1) is 17.1 Å². The van der Waals surface area contributed by atoms with Gasteiger partial charge in [0.05, 0.1) is 22.2 Å². The molecule has 0 radical (unpaired) electrons. The summed E-state index contributed by atoms with van der Waals surface area (Å²) in [5, 5.41) is 13.8. The van der Waals surface area contributed by atoms with Gasteiger partial charge in [-0.3, -0.25) is 9.47 Å². The lowest BCUT2D eigenvalue weighted by molar-refractivity contribution is 0.240. The average molecular weight is 534 g/mol. The molecule has 2 aromatic heterocycles. The molecule has 1 amide bonds. The van der Waals surface area contributed by atoms with Crippen molar-refractivity contribution in [1.29, 1.82) is 5.26 Å². The predicted octanol–water partition coefficient (Wildman–Crippen LogP) is 6.18. The monoisotopic (exact) mass is 533 g/mol. The molecule has 1 N–H and O–H groups in total. The van der Waals surface area contributed by atoms with E-state index in [2.05, 4.69) is 21.3 Å². The number of hydrogen-bond donors (Lipinski definition) is 1. The fourth-order valence-corrected chi connectivity index (χ4v) is 4.95. The number of rotatable bonds is 5. The van der Waals surface area contributed by atoms with E-state index in [4.69, 9.17) is 23.2 Å². The molecule has 1 aliphatic heterocycles. The summed E-state index contributed by atoms with van der Waals surface area (Å²) in [7, 11) is 0. The fraction of sp³-hybridized carbons (Fsp3) is 0.179. The summed E-state index contributed by atoms with van der Waals surface area (Å²) in [4.78, 5) is 19.6. The van der Waals surface area contributed by atoms with Gasteiger partial charge in [0.15, 0.2) is 0 Å². The number of pyridine rings is 1. The van der Waals surface area contributed by atoms with Crippen molar-refractivity contribution in [2.24, 2.45) is 0 Å². The zero-order valence-electron chi connectivity index (χ0n) is 19.7. The molecule has 0 unspecified atom stereocenters. The van der Waals surface area contributed by atoms with E-state index in [1.165, 1.54) is 6.07 Å². The minimum atomic E-state index is -0.446. The minimum absolute atomic E-state index is 0.0995. The zero-order valence-corrected chi connectivity index (χ0v) is 21.2. The van der Waals surface area contributed by atoms with Gasteiger partial charge in [0.25, 0.3) is 0 Å². The van der Waals surface area contributed by atoms with Crippen molar-refractivity contribution in [2.75, 3.05) is 13.1 Å². The lowest BCUT2D eigenvalue weighted by Gasteiger charge is -2.27. The van der Waals surface area contributed by atoms with Crippen molar-refractivity contribution in [1.82, 2.24) is 19.8 Å². The van der Waals surface area contributed by atoms with Gasteiger partial charge < -0.3 is 5.32 Å². The SMILES string of the molecule is N#Cc1ccc2c(c1)c1c(n2C(=O)NCc2ccnc(Cl)c2)CCN(CC=Cc2ccc(Cl)c(F)c2)C1. The maximum absolute atomic E-state index is 13.7. The van der Waals surface area contributed by atoms with Crippen LogP contribution in [-0.4, -0.2) is 33.6 Å². The molecule has 9 heteroatoms. The first-order valence-electron chi connectivity index (χ1n) is 11.7. The van der Waals surface area contributed by atoms with E-state index >= 15 is 0 Å². The molecule has 0 aliphatic carbocycles. The Balaban J connectivity index is 1.39. The number of halogens is 3. The Morgan fingerprint density at radius 2 is 2.05 bits per heavy atom. The summed E-state index contributed by atoms with van der Waals surface area (Å²) in [6, 6.07) is 15.6. The van der Waals surface area contributed by atoms with Gasteiger partial charge >= 0.3 is 6.03 Å². The third kappa shape index (κ3) is 5.37. The molecule has 0 fully saturated rings. The first-order chi connectivity index (χ1) is 17.9. The Morgan fingerprint density at radius 3 is 2.84 bits per heavy atom. The number of nitrogens with one attached hydrogen (secondary N) is 1. The number of hydrogen-bond acceptors (Lipinski definition) is 4. The number of fused-ring (bicyclic) bond motifs is 3. The fourth-order valence-electron chi connectivity index (χ4n) is 4.63. The summed E-state index contributed by atoms with van der Waals surface area (Å²) in [6.45, 7) is 2.35. The highest BCUT2D eigenvalue weighted by atomic mass is 35.5. The highest BCUT2D eigenvalue weighted by Gasteiger charge is 2.26. The third-order valence-corrected chi connectivity index (χ3v) is 6.93. The van der Waals surface area contributed by atoms with E-state index in [1.54, 1.807) is 41.1 Å². The summed E-state index contributed by atoms with van der Waals surface area (Å²) >= 11 is 11.7. The van der Waals surface area contributed by atoms with Crippen molar-refractivity contribution >= 4 is 46.2 Å². The van der Waals surface area contributed by atoms with Crippen LogP contribution in [0.4, 0.5) is 9.18 Å². The standard InChI is InChI=1S/C28H22Cl2FN5O/c29-23-5-3-18(13-24(23)31)2-1-10-35-11-8-26-22(17-35)21-12-19(15-32)4-6-25(21)36(26)28(37)34-16-20-7-9-33-27(30)14-20/h1-7,9,12-14H,8,10-11,16-17H2,(H,34,37). The van der Waals surface area contributed by atoms with Crippen LogP contribution in [0.1, 0.15) is 27.9 Å². The molecule has 0 saturated heterocycles. The van der Waals surface area contributed by atoms with Crippen molar-refractivity contribution in [3.8, 4) is 6.07 Å². The van der Waals surface area contributed by atoms with E-state index in [0.29, 0.717) is 36.8 Å². The van der Waals surface area contributed by atoms with Crippen molar-refractivity contribution in [3.05, 3.63) is 105 Å². The molecule has 0 saturated carbocycles. The van der Waals surface area contributed by atoms with Gasteiger partial charge in [-0.25, -0.2) is 14.2 Å². The Hall–Kier alpha value is -3.70. The molecule has 0 bridgehead atoms. The van der Waals surface area contributed by atoms with Crippen LogP contribution in [0.5, 0.6) is 0 Å². The first-order valence-corrected chi connectivity index (χ1v) is 12.5. The smallest absolute Gasteiger partial charge is 0.326 e. The Morgan fingerprint density at radius 1 is 1.19 bits per heavy atom. The zero-order chi connectivity index (χ0) is 25.9. The molecule has 0 spiro atoms. The highest BCUT2D eigenvalue weighted by molar-refractivity contribution is 6.30. The summed E-state index contributed by atoms with van der Waals surface area (Å²) in [6.07, 6.45) is 6.13. The topological polar surface area (TPSA) is 74.0 Å². The first kappa shape index (κ1) is 25.0. The van der Waals surface area contributed by atoms with Crippen molar-refractivity contribution in [3.63, 3.8) is 0 Å². The molecule has 186 valence electrons. The summed E-state index contributed by atoms with van der Waals surface area (Å²) in [5.41, 5.74) is 4.87. The highest BCUT2D eigenvalue weighted by Crippen LogP contribution is 2.32. The van der Waals surface area contributed by atoms with Crippen LogP contribution in [-0.2, 0) is 19.5 Å². The second kappa shape index (κ2) is 10.7. The molecule has 5 rings (SSSR count). The molecule has 2 aromatic carbocycles. The lowest BCUT2D eigenvalue weighted by atomic mass is 10.0. The molecule has 1 aliphatic rings. The number of carbonyl (C=O) groups is 1. The van der Waals surface area contributed by atoms with Crippen molar-refractivity contribution < 1.29 is 9.18 Å². The predicted molar refractivity (Wildman–Crippen MR) is 143 cm³/mol. The normalized spacial score (nSPS) is 13.6. The van der Waals surface area contributed by atoms with E-state index in [-0.39, 0.29) is 11.1 Å². The largest absolute Gasteiger partial charge is 0.333 e. The number of amides is 1. The van der Waals surface area contributed by atoms with Crippen LogP contribution in [0.2, 0.25) is 10.2 Å². The van der Waals surface area contributed by atoms with Crippen LogP contribution in [0.15, 0.2) is 60.8 Å². The second-order valence-electron chi connectivity index (χ2n) is 8.81. The molecule has 4 aromatic rings.